The molecular formula is C37H31F4N9O5S. The number of nitrogens with one attached hydrogen (secondary N) is 3. The molecule has 6 aromatic rings. The molecular weight excluding hydrogens is 759 g/mol. The summed E-state index contributed by atoms with van der Waals surface area (Å²) in [4.78, 5) is 60.0. The Morgan fingerprint density at radius 1 is 0.589 bits per heavy atom. The number of carbonyl (C=O) groups excluding carboxylic acids is 3. The molecule has 2 heterocycles. The normalized spacial score (nSPS) is 12.5. The Labute approximate surface area is 316 Å². The maximum absolute atomic E-state index is 14.2. The van der Waals surface area contributed by atoms with Crippen LogP contribution in [0.2, 0.25) is 0 Å². The summed E-state index contributed by atoms with van der Waals surface area (Å²) in [6.07, 6.45) is 4.78. The van der Waals surface area contributed by atoms with Crippen LogP contribution in [0.15, 0.2) is 97.6 Å². The van der Waals surface area contributed by atoms with Crippen molar-refractivity contribution in [1.82, 2.24) is 34.7 Å². The minimum absolute atomic E-state index is 0.0457. The van der Waals surface area contributed by atoms with Gasteiger partial charge in [-0.1, -0.05) is 0 Å². The van der Waals surface area contributed by atoms with Crippen LogP contribution in [0.5, 0.6) is 0 Å². The van der Waals surface area contributed by atoms with Gasteiger partial charge in [0, 0.05) is 68.8 Å². The average molecular weight is 790 g/mol. The van der Waals surface area contributed by atoms with Crippen molar-refractivity contribution in [2.24, 2.45) is 0 Å². The van der Waals surface area contributed by atoms with Gasteiger partial charge < -0.3 is 15.1 Å². The summed E-state index contributed by atoms with van der Waals surface area (Å²) in [7, 11) is -2.31. The first-order valence-corrected chi connectivity index (χ1v) is 18.1. The number of nitrogens with zero attached hydrogens (tertiary/aromatic N) is 6. The highest BCUT2D eigenvalue weighted by atomic mass is 32.2. The fourth-order valence-corrected chi connectivity index (χ4v) is 6.80. The van der Waals surface area contributed by atoms with Crippen molar-refractivity contribution in [1.29, 1.82) is 0 Å². The third kappa shape index (κ3) is 9.54. The number of rotatable bonds is 12. The summed E-state index contributed by atoms with van der Waals surface area (Å²) in [5.41, 5.74) is 2.30. The van der Waals surface area contributed by atoms with E-state index in [1.54, 1.807) is 22.9 Å². The molecule has 0 saturated carbocycles. The molecule has 0 aliphatic rings. The minimum Gasteiger partial charge on any atom is -0.325 e. The number of carbonyl (C=O) groups is 3. The fourth-order valence-electron chi connectivity index (χ4n) is 5.88. The summed E-state index contributed by atoms with van der Waals surface area (Å²) >= 11 is 0. The Bertz CT molecular complexity index is 2540. The predicted molar refractivity (Wildman–Crippen MR) is 197 cm³/mol. The maximum atomic E-state index is 14.2. The van der Waals surface area contributed by atoms with Gasteiger partial charge in [-0.15, -0.1) is 0 Å². The Morgan fingerprint density at radius 3 is 1.43 bits per heavy atom. The quantitative estimate of drug-likeness (QED) is 0.154. The Balaban J connectivity index is 1.24. The molecule has 0 bridgehead atoms. The number of hydrogen-bond acceptors (Lipinski definition) is 9. The van der Waals surface area contributed by atoms with Crippen molar-refractivity contribution in [3.8, 4) is 0 Å². The molecule has 2 atom stereocenters. The Kier molecular flexibility index (Phi) is 11.5. The van der Waals surface area contributed by atoms with Gasteiger partial charge in [0.2, 0.25) is 11.8 Å². The van der Waals surface area contributed by atoms with Crippen molar-refractivity contribution in [3.05, 3.63) is 132 Å². The number of urea groups is 1. The first-order valence-electron chi connectivity index (χ1n) is 16.6. The first kappa shape index (κ1) is 39.1. The largest absolute Gasteiger partial charge is 0.330 e. The fraction of sp³-hybridized carbons (Fsp3) is 0.162. The highest BCUT2D eigenvalue weighted by Gasteiger charge is 2.32. The van der Waals surface area contributed by atoms with E-state index in [-0.39, 0.29) is 16.8 Å². The molecule has 2 aromatic heterocycles. The van der Waals surface area contributed by atoms with Gasteiger partial charge in [-0.3, -0.25) is 29.5 Å². The lowest BCUT2D eigenvalue weighted by atomic mass is 10.0. The molecule has 0 aliphatic heterocycles. The van der Waals surface area contributed by atoms with Crippen LogP contribution in [0.25, 0.3) is 22.1 Å². The molecule has 288 valence electrons. The minimum atomic E-state index is -5.00. The van der Waals surface area contributed by atoms with E-state index in [2.05, 4.69) is 30.0 Å². The van der Waals surface area contributed by atoms with Crippen LogP contribution >= 0.6 is 0 Å². The van der Waals surface area contributed by atoms with Gasteiger partial charge >= 0.3 is 16.2 Å². The van der Waals surface area contributed by atoms with Crippen LogP contribution in [0.3, 0.4) is 0 Å². The van der Waals surface area contributed by atoms with E-state index in [0.29, 0.717) is 39.9 Å². The molecule has 56 heavy (non-hydrogen) atoms. The topological polar surface area (TPSA) is 179 Å². The summed E-state index contributed by atoms with van der Waals surface area (Å²) in [5.74, 6) is -5.60. The van der Waals surface area contributed by atoms with Gasteiger partial charge in [0.05, 0.1) is 22.1 Å². The van der Waals surface area contributed by atoms with Crippen molar-refractivity contribution < 1.29 is 40.4 Å². The zero-order valence-corrected chi connectivity index (χ0v) is 30.3. The lowest BCUT2D eigenvalue weighted by molar-refractivity contribution is -0.120. The number of halogens is 4. The average Bonchev–Trinajstić information content (AvgIpc) is 3.14. The number of amides is 4. The van der Waals surface area contributed by atoms with Crippen LogP contribution in [-0.2, 0) is 32.6 Å². The van der Waals surface area contributed by atoms with E-state index in [4.69, 9.17) is 0 Å². The highest BCUT2D eigenvalue weighted by Crippen LogP contribution is 2.22. The number of anilines is 2. The summed E-state index contributed by atoms with van der Waals surface area (Å²) in [6, 6.07) is 9.40. The molecule has 0 saturated heterocycles. The summed E-state index contributed by atoms with van der Waals surface area (Å²) < 4.78 is 87.3. The SMILES string of the molecule is CN(C(=O)[C@H](Cc1cc(F)cc(F)c1)NC(=O)NS(=O)(=O)N[C@@H](Cc1cc(F)cc(F)c1)C(=O)N(C)c1ccc2nccnc2c1)c1ccc2nccnc2c1. The second-order valence-corrected chi connectivity index (χ2v) is 14.0. The van der Waals surface area contributed by atoms with E-state index in [0.717, 1.165) is 34.1 Å². The number of fused-ring (bicyclic) bond motifs is 2. The van der Waals surface area contributed by atoms with E-state index < -0.39 is 76.2 Å². The van der Waals surface area contributed by atoms with Crippen molar-refractivity contribution in [2.75, 3.05) is 23.9 Å². The van der Waals surface area contributed by atoms with Crippen LogP contribution in [0.4, 0.5) is 33.7 Å². The Hall–Kier alpha value is -6.60. The van der Waals surface area contributed by atoms with Gasteiger partial charge in [0.15, 0.2) is 0 Å². The third-order valence-corrected chi connectivity index (χ3v) is 9.54. The maximum Gasteiger partial charge on any atom is 0.330 e. The molecule has 4 amide bonds. The smallest absolute Gasteiger partial charge is 0.325 e. The van der Waals surface area contributed by atoms with Gasteiger partial charge in [0.25, 0.3) is 0 Å². The summed E-state index contributed by atoms with van der Waals surface area (Å²) in [6.45, 7) is 0. The first-order chi connectivity index (χ1) is 26.6. The second-order valence-electron chi connectivity index (χ2n) is 12.5. The number of hydrogen-bond donors (Lipinski definition) is 3. The van der Waals surface area contributed by atoms with Crippen molar-refractivity contribution >= 4 is 61.5 Å². The lowest BCUT2D eigenvalue weighted by Crippen LogP contribution is -2.57. The highest BCUT2D eigenvalue weighted by molar-refractivity contribution is 7.88. The zero-order chi connectivity index (χ0) is 40.1. The third-order valence-electron chi connectivity index (χ3n) is 8.49. The van der Waals surface area contributed by atoms with Gasteiger partial charge in [-0.2, -0.15) is 13.1 Å². The zero-order valence-electron chi connectivity index (χ0n) is 29.5. The molecule has 0 radical (unpaired) electrons. The lowest BCUT2D eigenvalue weighted by Gasteiger charge is -2.26. The molecule has 0 unspecified atom stereocenters. The van der Waals surface area contributed by atoms with E-state index >= 15 is 0 Å². The molecule has 0 spiro atoms. The van der Waals surface area contributed by atoms with E-state index in [1.165, 1.54) is 57.1 Å². The van der Waals surface area contributed by atoms with Gasteiger partial charge in [-0.25, -0.2) is 27.1 Å². The molecule has 6 rings (SSSR count). The summed E-state index contributed by atoms with van der Waals surface area (Å²) in [5, 5.41) is 2.24. The van der Waals surface area contributed by atoms with Crippen LogP contribution in [-0.4, -0.2) is 72.4 Å². The van der Waals surface area contributed by atoms with Crippen LogP contribution in [0, 0.1) is 23.3 Å². The molecule has 3 N–H and O–H groups in total. The standard InChI is InChI=1S/C37H31F4N9O5S/c1-49(27-3-5-29-31(19-27)44-9-7-42-29)35(51)33(15-21-11-23(38)17-24(39)12-21)46-37(53)48-56(54,55)47-34(16-22-13-25(40)18-26(41)14-22)36(52)50(2)28-4-6-30-32(20-28)45-10-8-43-30/h3-14,17-20,33-34,47H,15-16H2,1-2H3,(H2,46,48,53)/t33-,34-/m0/s1. The van der Waals surface area contributed by atoms with Gasteiger partial charge in [-0.05, 0) is 78.2 Å². The molecule has 0 fully saturated rings. The van der Waals surface area contributed by atoms with Crippen LogP contribution < -0.4 is 24.6 Å². The van der Waals surface area contributed by atoms with Crippen molar-refractivity contribution in [2.45, 2.75) is 24.9 Å². The molecule has 4 aromatic carbocycles. The second kappa shape index (κ2) is 16.4. The number of likely N-dealkylation sites (N-methyl/N-ethyl adjacent to an activating group) is 2. The van der Waals surface area contributed by atoms with Gasteiger partial charge in [0.1, 0.15) is 35.4 Å². The Morgan fingerprint density at radius 2 is 0.982 bits per heavy atom. The number of aromatic nitrogens is 4. The van der Waals surface area contributed by atoms with E-state index in [9.17, 15) is 40.4 Å². The monoisotopic (exact) mass is 789 g/mol. The number of benzene rings is 4. The van der Waals surface area contributed by atoms with Crippen LogP contribution in [0.1, 0.15) is 11.1 Å². The molecule has 14 nitrogen and oxygen atoms in total. The predicted octanol–water partition coefficient (Wildman–Crippen LogP) is 4.11. The molecule has 0 aliphatic carbocycles. The molecule has 19 heteroatoms. The van der Waals surface area contributed by atoms with E-state index in [1.807, 2.05) is 0 Å². The van der Waals surface area contributed by atoms with Crippen molar-refractivity contribution in [3.63, 3.8) is 0 Å².